The molecule has 140 valence electrons. The summed E-state index contributed by atoms with van der Waals surface area (Å²) in [6, 6.07) is 0. The maximum absolute atomic E-state index is 11.0. The van der Waals surface area contributed by atoms with Crippen LogP contribution in [-0.4, -0.2) is 36.5 Å². The summed E-state index contributed by atoms with van der Waals surface area (Å²) in [5.74, 6) is -0.237. The molecule has 1 rings (SSSR count). The minimum atomic E-state index is -0.512. The van der Waals surface area contributed by atoms with E-state index in [1.807, 2.05) is 6.08 Å². The number of carbonyl (C=O) groups is 1. The Balaban J connectivity index is 2.05. The number of carbonyl (C=O) groups excluding carboxylic acids is 1. The maximum Gasteiger partial charge on any atom is 0.305 e. The van der Waals surface area contributed by atoms with Gasteiger partial charge in [-0.15, -0.1) is 0 Å². The van der Waals surface area contributed by atoms with Crippen molar-refractivity contribution in [3.05, 3.63) is 48.6 Å². The number of ether oxygens (including phenoxy) is 2. The zero-order chi connectivity index (χ0) is 18.3. The Kier molecular flexibility index (Phi) is 11.7. The fourth-order valence-corrected chi connectivity index (χ4v) is 2.42. The molecule has 1 N–H and O–H groups in total. The highest BCUT2D eigenvalue weighted by Gasteiger charge is 2.41. The zero-order valence-corrected chi connectivity index (χ0v) is 15.5. The van der Waals surface area contributed by atoms with E-state index in [1.54, 1.807) is 0 Å². The summed E-state index contributed by atoms with van der Waals surface area (Å²) in [5, 5.41) is 9.98. The minimum absolute atomic E-state index is 0.00627. The Labute approximate surface area is 151 Å². The summed E-state index contributed by atoms with van der Waals surface area (Å²) < 4.78 is 10.0. The van der Waals surface area contributed by atoms with Gasteiger partial charge >= 0.3 is 5.97 Å². The molecule has 0 saturated carbocycles. The maximum atomic E-state index is 11.0. The first-order chi connectivity index (χ1) is 12.2. The third kappa shape index (κ3) is 10.7. The van der Waals surface area contributed by atoms with E-state index in [1.165, 1.54) is 7.11 Å². The number of rotatable bonds is 13. The van der Waals surface area contributed by atoms with E-state index in [9.17, 15) is 9.90 Å². The van der Waals surface area contributed by atoms with E-state index < -0.39 is 6.10 Å². The summed E-state index contributed by atoms with van der Waals surface area (Å²) in [4.78, 5) is 11.0. The summed E-state index contributed by atoms with van der Waals surface area (Å²) in [5.41, 5.74) is 0. The van der Waals surface area contributed by atoms with Gasteiger partial charge in [0.05, 0.1) is 13.2 Å². The van der Waals surface area contributed by atoms with Crippen molar-refractivity contribution in [2.75, 3.05) is 7.11 Å². The van der Waals surface area contributed by atoms with Crippen LogP contribution >= 0.6 is 0 Å². The van der Waals surface area contributed by atoms with Crippen LogP contribution in [0.25, 0.3) is 0 Å². The number of hydrogen-bond acceptors (Lipinski definition) is 4. The van der Waals surface area contributed by atoms with Crippen LogP contribution < -0.4 is 0 Å². The fourth-order valence-electron chi connectivity index (χ4n) is 2.42. The third-order valence-corrected chi connectivity index (χ3v) is 3.93. The molecule has 1 aliphatic heterocycles. The van der Waals surface area contributed by atoms with E-state index in [0.29, 0.717) is 19.3 Å². The van der Waals surface area contributed by atoms with Crippen molar-refractivity contribution in [3.63, 3.8) is 0 Å². The first kappa shape index (κ1) is 21.4. The molecule has 1 aliphatic rings. The summed E-state index contributed by atoms with van der Waals surface area (Å²) >= 11 is 0. The topological polar surface area (TPSA) is 59.1 Å². The second-order valence-corrected chi connectivity index (χ2v) is 6.06. The number of epoxide rings is 1. The molecule has 0 bridgehead atoms. The molecule has 4 nitrogen and oxygen atoms in total. The molecular formula is C21H32O4. The van der Waals surface area contributed by atoms with Gasteiger partial charge in [-0.2, -0.15) is 0 Å². The number of esters is 1. The smallest absolute Gasteiger partial charge is 0.305 e. The molecule has 25 heavy (non-hydrogen) atoms. The Morgan fingerprint density at radius 2 is 1.68 bits per heavy atom. The van der Waals surface area contributed by atoms with E-state index in [-0.39, 0.29) is 18.2 Å². The highest BCUT2D eigenvalue weighted by molar-refractivity contribution is 5.68. The summed E-state index contributed by atoms with van der Waals surface area (Å²) in [6.45, 7) is 2.14. The minimum Gasteiger partial charge on any atom is -0.469 e. The van der Waals surface area contributed by atoms with E-state index in [2.05, 4.69) is 54.2 Å². The standard InChI is InChI=1S/C21H32O4/c1-3-4-5-6-7-8-9-10-11-12-13-16-19-21(25-19)18(22)15-14-17-20(23)24-2/h4-5,7-8,10-11,13,16,18-19,21-22H,3,6,9,12,14-15,17H2,1-2H3/b5-4-,8-7-,11-10-,16-13-/t18-,19-,21-/m0/s1. The molecule has 0 aromatic carbocycles. The number of allylic oxidation sites excluding steroid dienone is 7. The van der Waals surface area contributed by atoms with Crippen molar-refractivity contribution in [2.24, 2.45) is 0 Å². The van der Waals surface area contributed by atoms with Gasteiger partial charge in [0.1, 0.15) is 12.2 Å². The van der Waals surface area contributed by atoms with Crippen LogP contribution in [0.4, 0.5) is 0 Å². The molecule has 0 spiro atoms. The van der Waals surface area contributed by atoms with Crippen molar-refractivity contribution >= 4 is 5.97 Å². The molecule has 1 heterocycles. The molecular weight excluding hydrogens is 316 g/mol. The second-order valence-electron chi connectivity index (χ2n) is 6.06. The Hall–Kier alpha value is -1.65. The lowest BCUT2D eigenvalue weighted by Crippen LogP contribution is -2.16. The molecule has 0 amide bonds. The van der Waals surface area contributed by atoms with Crippen LogP contribution in [0.3, 0.4) is 0 Å². The van der Waals surface area contributed by atoms with Crippen LogP contribution in [-0.2, 0) is 14.3 Å². The molecule has 4 heteroatoms. The van der Waals surface area contributed by atoms with Crippen LogP contribution in [0, 0.1) is 0 Å². The molecule has 0 aromatic rings. The van der Waals surface area contributed by atoms with E-state index in [0.717, 1.165) is 25.7 Å². The Morgan fingerprint density at radius 1 is 1.08 bits per heavy atom. The van der Waals surface area contributed by atoms with E-state index in [4.69, 9.17) is 4.74 Å². The lowest BCUT2D eigenvalue weighted by Gasteiger charge is -2.05. The molecule has 3 atom stereocenters. The number of methoxy groups -OCH3 is 1. The highest BCUT2D eigenvalue weighted by Crippen LogP contribution is 2.29. The van der Waals surface area contributed by atoms with Gasteiger partial charge in [-0.25, -0.2) is 0 Å². The van der Waals surface area contributed by atoms with E-state index >= 15 is 0 Å². The predicted octanol–water partition coefficient (Wildman–Crippen LogP) is 4.26. The van der Waals surface area contributed by atoms with Gasteiger partial charge in [-0.05, 0) is 38.5 Å². The third-order valence-electron chi connectivity index (χ3n) is 3.93. The first-order valence-electron chi connectivity index (χ1n) is 9.21. The van der Waals surface area contributed by atoms with Crippen LogP contribution in [0.15, 0.2) is 48.6 Å². The van der Waals surface area contributed by atoms with Crippen molar-refractivity contribution < 1.29 is 19.4 Å². The van der Waals surface area contributed by atoms with Gasteiger partial charge in [0.15, 0.2) is 0 Å². The van der Waals surface area contributed by atoms with Crippen molar-refractivity contribution in [2.45, 2.75) is 70.2 Å². The van der Waals surface area contributed by atoms with Crippen LogP contribution in [0.5, 0.6) is 0 Å². The quantitative estimate of drug-likeness (QED) is 0.307. The second kappa shape index (κ2) is 13.6. The SMILES string of the molecule is CC/C=C\C/C=C\C/C=C\C/C=C\[C@@H]1O[C@H]1[C@@H](O)CCCC(=O)OC. The molecule has 0 aromatic heterocycles. The largest absolute Gasteiger partial charge is 0.469 e. The average molecular weight is 348 g/mol. The zero-order valence-electron chi connectivity index (χ0n) is 15.5. The first-order valence-corrected chi connectivity index (χ1v) is 9.21. The number of hydrogen-bond donors (Lipinski definition) is 1. The average Bonchev–Trinajstić information content (AvgIpc) is 3.39. The van der Waals surface area contributed by atoms with Crippen LogP contribution in [0.2, 0.25) is 0 Å². The molecule has 1 fully saturated rings. The number of aliphatic hydroxyl groups excluding tert-OH is 1. The van der Waals surface area contributed by atoms with Gasteiger partial charge in [0.2, 0.25) is 0 Å². The Morgan fingerprint density at radius 3 is 2.28 bits per heavy atom. The highest BCUT2D eigenvalue weighted by atomic mass is 16.6. The monoisotopic (exact) mass is 348 g/mol. The van der Waals surface area contributed by atoms with Gasteiger partial charge in [-0.1, -0.05) is 55.5 Å². The molecule has 0 unspecified atom stereocenters. The van der Waals surface area contributed by atoms with Gasteiger partial charge < -0.3 is 14.6 Å². The van der Waals surface area contributed by atoms with Crippen molar-refractivity contribution in [1.29, 1.82) is 0 Å². The summed E-state index contributed by atoms with van der Waals surface area (Å²) in [7, 11) is 1.37. The molecule has 0 aliphatic carbocycles. The lowest BCUT2D eigenvalue weighted by atomic mass is 10.1. The fraction of sp³-hybridized carbons (Fsp3) is 0.571. The van der Waals surface area contributed by atoms with Gasteiger partial charge in [0.25, 0.3) is 0 Å². The lowest BCUT2D eigenvalue weighted by molar-refractivity contribution is -0.140. The number of aliphatic hydroxyl groups is 1. The summed E-state index contributed by atoms with van der Waals surface area (Å²) in [6.07, 6.45) is 21.9. The normalized spacial score (nSPS) is 21.7. The van der Waals surface area contributed by atoms with Crippen LogP contribution in [0.1, 0.15) is 51.9 Å². The van der Waals surface area contributed by atoms with Crippen molar-refractivity contribution in [3.8, 4) is 0 Å². The van der Waals surface area contributed by atoms with Gasteiger partial charge in [-0.3, -0.25) is 4.79 Å². The molecule has 0 radical (unpaired) electrons. The predicted molar refractivity (Wildman–Crippen MR) is 101 cm³/mol. The van der Waals surface area contributed by atoms with Crippen molar-refractivity contribution in [1.82, 2.24) is 0 Å². The molecule has 1 saturated heterocycles. The van der Waals surface area contributed by atoms with Gasteiger partial charge in [0, 0.05) is 6.42 Å². The Bertz CT molecular complexity index is 476.